The zero-order chi connectivity index (χ0) is 21.0. The van der Waals surface area contributed by atoms with E-state index in [0.717, 1.165) is 13.1 Å². The van der Waals surface area contributed by atoms with Gasteiger partial charge in [-0.1, -0.05) is 29.5 Å². The Morgan fingerprint density at radius 2 is 1.72 bits per heavy atom. The number of pyridine rings is 1. The smallest absolute Gasteiger partial charge is 0.295 e. The van der Waals surface area contributed by atoms with Gasteiger partial charge in [0, 0.05) is 23.0 Å². The number of carbonyl (C=O) groups excluding carboxylic acids is 2. The number of Topliss-reactive ketones (excluding diaryl/α,β-unsaturated/α-hetero) is 1. The normalized spacial score (nSPS) is 18.6. The molecule has 29 heavy (non-hydrogen) atoms. The van der Waals surface area contributed by atoms with Crippen molar-refractivity contribution in [2.75, 3.05) is 26.2 Å². The Morgan fingerprint density at radius 3 is 2.31 bits per heavy atom. The molecule has 3 rings (SSSR count). The summed E-state index contributed by atoms with van der Waals surface area (Å²) >= 11 is 6.02. The lowest BCUT2D eigenvalue weighted by molar-refractivity contribution is -0.895. The van der Waals surface area contributed by atoms with E-state index in [0.29, 0.717) is 29.2 Å². The summed E-state index contributed by atoms with van der Waals surface area (Å²) in [5.74, 6) is -1.81. The maximum Gasteiger partial charge on any atom is 0.295 e. The van der Waals surface area contributed by atoms with Crippen molar-refractivity contribution in [2.24, 2.45) is 0 Å². The quantitative estimate of drug-likeness (QED) is 0.415. The van der Waals surface area contributed by atoms with Gasteiger partial charge in [0.2, 0.25) is 5.78 Å². The zero-order valence-electron chi connectivity index (χ0n) is 16.5. The van der Waals surface area contributed by atoms with Crippen LogP contribution in [0, 0.1) is 0 Å². The predicted molar refractivity (Wildman–Crippen MR) is 109 cm³/mol. The van der Waals surface area contributed by atoms with Crippen LogP contribution in [-0.2, 0) is 9.59 Å². The molecule has 0 bridgehead atoms. The van der Waals surface area contributed by atoms with Crippen LogP contribution < -0.4 is 10.0 Å². The van der Waals surface area contributed by atoms with Gasteiger partial charge in [0.05, 0.1) is 32.2 Å². The summed E-state index contributed by atoms with van der Waals surface area (Å²) in [5, 5.41) is 13.7. The van der Waals surface area contributed by atoms with E-state index in [-0.39, 0.29) is 5.57 Å². The number of likely N-dealkylation sites (tertiary alicyclic amines) is 1. The molecular formula is C22H24ClN3O3. The number of hydrogen-bond acceptors (Lipinski definition) is 4. The van der Waals surface area contributed by atoms with Crippen molar-refractivity contribution >= 4 is 29.1 Å². The lowest BCUT2D eigenvalue weighted by Gasteiger charge is -2.28. The third-order valence-corrected chi connectivity index (χ3v) is 5.62. The van der Waals surface area contributed by atoms with E-state index in [1.807, 2.05) is 0 Å². The number of carbonyl (C=O) groups is 2. The highest BCUT2D eigenvalue weighted by atomic mass is 35.5. The van der Waals surface area contributed by atoms with E-state index < -0.39 is 23.5 Å². The number of likely N-dealkylation sites (N-methyl/N-ethyl adjacent to an activating group) is 1. The Labute approximate surface area is 175 Å². The Balaban J connectivity index is 2.07. The molecule has 0 aliphatic carbocycles. The molecule has 1 fully saturated rings. The van der Waals surface area contributed by atoms with Crippen molar-refractivity contribution in [2.45, 2.75) is 19.9 Å². The van der Waals surface area contributed by atoms with Crippen LogP contribution in [0.5, 0.6) is 0 Å². The van der Waals surface area contributed by atoms with Crippen LogP contribution in [0.15, 0.2) is 54.4 Å². The second kappa shape index (κ2) is 9.20. The molecule has 0 saturated carbocycles. The SMILES string of the molecule is CC[NH+](CC)CCN1C(=O)C(=O)C(=C([O-])c2ccncc2)C1c1ccc(Cl)cc1. The van der Waals surface area contributed by atoms with Crippen LogP contribution in [0.4, 0.5) is 0 Å². The van der Waals surface area contributed by atoms with E-state index in [9.17, 15) is 14.7 Å². The third-order valence-electron chi connectivity index (χ3n) is 5.36. The van der Waals surface area contributed by atoms with Gasteiger partial charge in [0.25, 0.3) is 5.91 Å². The van der Waals surface area contributed by atoms with E-state index in [1.54, 1.807) is 36.4 Å². The number of aromatic nitrogens is 1. The number of quaternary nitrogens is 1. The van der Waals surface area contributed by atoms with Crippen LogP contribution >= 0.6 is 11.6 Å². The fourth-order valence-corrected chi connectivity index (χ4v) is 3.76. The Hall–Kier alpha value is -2.70. The van der Waals surface area contributed by atoms with Crippen molar-refractivity contribution in [3.8, 4) is 0 Å². The molecule has 7 heteroatoms. The second-order valence-corrected chi connectivity index (χ2v) is 7.40. The Morgan fingerprint density at radius 1 is 1.10 bits per heavy atom. The third kappa shape index (κ3) is 4.33. The summed E-state index contributed by atoms with van der Waals surface area (Å²) in [7, 11) is 0. The second-order valence-electron chi connectivity index (χ2n) is 6.97. The predicted octanol–water partition coefficient (Wildman–Crippen LogP) is 0.884. The number of halogens is 1. The van der Waals surface area contributed by atoms with Crippen molar-refractivity contribution < 1.29 is 19.6 Å². The Bertz CT molecular complexity index is 909. The molecule has 0 radical (unpaired) electrons. The largest absolute Gasteiger partial charge is 0.872 e. The number of amides is 1. The first-order valence-electron chi connectivity index (χ1n) is 9.73. The zero-order valence-corrected chi connectivity index (χ0v) is 17.3. The van der Waals surface area contributed by atoms with E-state index >= 15 is 0 Å². The highest BCUT2D eigenvalue weighted by molar-refractivity contribution is 6.46. The average molecular weight is 414 g/mol. The fraction of sp³-hybridized carbons (Fsp3) is 0.318. The van der Waals surface area contributed by atoms with Gasteiger partial charge in [-0.3, -0.25) is 14.6 Å². The van der Waals surface area contributed by atoms with Gasteiger partial charge in [0.15, 0.2) is 0 Å². The highest BCUT2D eigenvalue weighted by Gasteiger charge is 2.44. The molecule has 1 amide bonds. The van der Waals surface area contributed by atoms with Gasteiger partial charge in [-0.25, -0.2) is 0 Å². The lowest BCUT2D eigenvalue weighted by atomic mass is 9.95. The van der Waals surface area contributed by atoms with Crippen molar-refractivity contribution in [3.63, 3.8) is 0 Å². The average Bonchev–Trinajstić information content (AvgIpc) is 3.00. The van der Waals surface area contributed by atoms with E-state index in [1.165, 1.54) is 22.2 Å². The molecule has 152 valence electrons. The van der Waals surface area contributed by atoms with E-state index in [4.69, 9.17) is 11.6 Å². The summed E-state index contributed by atoms with van der Waals surface area (Å²) < 4.78 is 0. The first-order valence-corrected chi connectivity index (χ1v) is 10.1. The van der Waals surface area contributed by atoms with Gasteiger partial charge < -0.3 is 14.9 Å². The summed E-state index contributed by atoms with van der Waals surface area (Å²) in [6.07, 6.45) is 2.99. The Kier molecular flexibility index (Phi) is 6.67. The minimum absolute atomic E-state index is 0.0157. The maximum absolute atomic E-state index is 13.2. The molecule has 1 saturated heterocycles. The van der Waals surface area contributed by atoms with E-state index in [2.05, 4.69) is 18.8 Å². The van der Waals surface area contributed by atoms with Crippen LogP contribution in [0.1, 0.15) is 31.0 Å². The number of nitrogens with zero attached hydrogens (tertiary/aromatic N) is 2. The number of nitrogens with one attached hydrogen (secondary N) is 1. The van der Waals surface area contributed by atoms with Crippen molar-refractivity contribution in [1.82, 2.24) is 9.88 Å². The first kappa shape index (κ1) is 21.0. The summed E-state index contributed by atoms with van der Waals surface area (Å²) in [6, 6.07) is 9.30. The highest BCUT2D eigenvalue weighted by Crippen LogP contribution is 2.38. The number of hydrogen-bond donors (Lipinski definition) is 1. The van der Waals surface area contributed by atoms with Gasteiger partial charge in [0.1, 0.15) is 0 Å². The number of ketones is 1. The van der Waals surface area contributed by atoms with Crippen LogP contribution in [0.3, 0.4) is 0 Å². The molecule has 0 spiro atoms. The van der Waals surface area contributed by atoms with Crippen molar-refractivity contribution in [3.05, 3.63) is 70.5 Å². The topological polar surface area (TPSA) is 77.8 Å². The molecule has 1 aromatic carbocycles. The monoisotopic (exact) mass is 413 g/mol. The molecule has 1 aromatic heterocycles. The lowest BCUT2D eigenvalue weighted by Crippen LogP contribution is -3.12. The van der Waals surface area contributed by atoms with Gasteiger partial charge in [-0.2, -0.15) is 0 Å². The summed E-state index contributed by atoms with van der Waals surface area (Å²) in [6.45, 7) is 7.10. The number of rotatable bonds is 7. The summed E-state index contributed by atoms with van der Waals surface area (Å²) in [5.41, 5.74) is 1.02. The molecule has 1 atom stereocenters. The molecule has 1 N–H and O–H groups in total. The van der Waals surface area contributed by atoms with Crippen LogP contribution in [-0.4, -0.2) is 47.8 Å². The molecule has 6 nitrogen and oxygen atoms in total. The minimum Gasteiger partial charge on any atom is -0.872 e. The fourth-order valence-electron chi connectivity index (χ4n) is 3.63. The first-order chi connectivity index (χ1) is 14.0. The molecule has 2 aromatic rings. The number of benzene rings is 1. The van der Waals surface area contributed by atoms with Crippen LogP contribution in [0.25, 0.3) is 5.76 Å². The van der Waals surface area contributed by atoms with Gasteiger partial charge in [-0.15, -0.1) is 0 Å². The van der Waals surface area contributed by atoms with Crippen LogP contribution in [0.2, 0.25) is 5.02 Å². The molecule has 1 aliphatic rings. The molecule has 1 unspecified atom stereocenters. The summed E-state index contributed by atoms with van der Waals surface area (Å²) in [4.78, 5) is 32.5. The molecule has 2 heterocycles. The standard InChI is InChI=1S/C22H24ClN3O3/c1-3-25(4-2)13-14-26-19(15-5-7-17(23)8-6-15)18(21(28)22(26)29)20(27)16-9-11-24-12-10-16/h5-12,19,27H,3-4,13-14H2,1-2H3. The molecule has 1 aliphatic heterocycles. The van der Waals surface area contributed by atoms with Gasteiger partial charge in [-0.05, 0) is 49.2 Å². The van der Waals surface area contributed by atoms with Crippen molar-refractivity contribution in [1.29, 1.82) is 0 Å². The minimum atomic E-state index is -0.735. The molecular weight excluding hydrogens is 390 g/mol. The van der Waals surface area contributed by atoms with Gasteiger partial charge >= 0.3 is 0 Å². The maximum atomic E-state index is 13.2.